The number of anilines is 1. The summed E-state index contributed by atoms with van der Waals surface area (Å²) in [5.41, 5.74) is 1.94. The maximum atomic E-state index is 9.08. The molecular weight excluding hydrogens is 176 g/mol. The van der Waals surface area contributed by atoms with Crippen LogP contribution in [0.15, 0.2) is 12.1 Å². The van der Waals surface area contributed by atoms with Gasteiger partial charge in [0.25, 0.3) is 0 Å². The minimum Gasteiger partial charge on any atom is -0.392 e. The Morgan fingerprint density at radius 3 is 2.71 bits per heavy atom. The molecule has 0 amide bonds. The molecule has 0 aliphatic carbocycles. The number of aliphatic hydroxyl groups is 1. The Labute approximate surface area is 84.4 Å². The average molecular weight is 192 g/mol. The molecule has 1 aromatic rings. The second kappa shape index (κ2) is 3.96. The fourth-order valence-corrected chi connectivity index (χ4v) is 1.92. The van der Waals surface area contributed by atoms with Gasteiger partial charge in [0, 0.05) is 18.8 Å². The van der Waals surface area contributed by atoms with Crippen LogP contribution in [0.3, 0.4) is 0 Å². The van der Waals surface area contributed by atoms with Gasteiger partial charge in [0.05, 0.1) is 6.61 Å². The van der Waals surface area contributed by atoms with Crippen molar-refractivity contribution in [3.05, 3.63) is 23.4 Å². The summed E-state index contributed by atoms with van der Waals surface area (Å²) in [6.45, 7) is 4.27. The van der Waals surface area contributed by atoms with Gasteiger partial charge in [-0.3, -0.25) is 0 Å². The van der Waals surface area contributed by atoms with E-state index in [1.807, 2.05) is 19.1 Å². The van der Waals surface area contributed by atoms with E-state index >= 15 is 0 Å². The number of pyridine rings is 1. The van der Waals surface area contributed by atoms with Gasteiger partial charge in [-0.05, 0) is 37.5 Å². The van der Waals surface area contributed by atoms with Crippen molar-refractivity contribution in [3.8, 4) is 0 Å². The van der Waals surface area contributed by atoms with Crippen LogP contribution in [-0.2, 0) is 6.61 Å². The van der Waals surface area contributed by atoms with E-state index in [0.29, 0.717) is 0 Å². The molecule has 2 heterocycles. The van der Waals surface area contributed by atoms with E-state index in [9.17, 15) is 0 Å². The van der Waals surface area contributed by atoms with Gasteiger partial charge in [0.1, 0.15) is 5.82 Å². The van der Waals surface area contributed by atoms with Crippen molar-refractivity contribution in [2.24, 2.45) is 0 Å². The summed E-state index contributed by atoms with van der Waals surface area (Å²) in [5.74, 6) is 1.02. The number of hydrogen-bond acceptors (Lipinski definition) is 3. The Balaban J connectivity index is 2.27. The molecule has 0 radical (unpaired) electrons. The molecule has 1 saturated heterocycles. The molecule has 76 valence electrons. The molecule has 3 nitrogen and oxygen atoms in total. The predicted octanol–water partition coefficient (Wildman–Crippen LogP) is 1.48. The summed E-state index contributed by atoms with van der Waals surface area (Å²) in [7, 11) is 0. The maximum Gasteiger partial charge on any atom is 0.129 e. The molecule has 0 aromatic carbocycles. The van der Waals surface area contributed by atoms with Crippen molar-refractivity contribution in [1.82, 2.24) is 4.98 Å². The first-order valence-corrected chi connectivity index (χ1v) is 5.13. The molecule has 14 heavy (non-hydrogen) atoms. The molecule has 0 atom stereocenters. The standard InChI is InChI=1S/C11H16N2O/c1-9-6-10(8-14)7-11(12-9)13-4-2-3-5-13/h6-7,14H,2-5,8H2,1H3. The summed E-state index contributed by atoms with van der Waals surface area (Å²) in [6.07, 6.45) is 2.51. The number of aliphatic hydroxyl groups excluding tert-OH is 1. The first kappa shape index (κ1) is 9.46. The van der Waals surface area contributed by atoms with Crippen LogP contribution >= 0.6 is 0 Å². The zero-order valence-corrected chi connectivity index (χ0v) is 8.53. The highest BCUT2D eigenvalue weighted by Crippen LogP contribution is 2.19. The minimum absolute atomic E-state index is 0.101. The molecule has 1 aliphatic rings. The largest absolute Gasteiger partial charge is 0.392 e. The van der Waals surface area contributed by atoms with Crippen LogP contribution in [0.1, 0.15) is 24.1 Å². The van der Waals surface area contributed by atoms with Crippen molar-refractivity contribution in [1.29, 1.82) is 0 Å². The normalized spacial score (nSPS) is 16.3. The third kappa shape index (κ3) is 1.87. The highest BCUT2D eigenvalue weighted by molar-refractivity contribution is 5.43. The Morgan fingerprint density at radius 2 is 2.07 bits per heavy atom. The van der Waals surface area contributed by atoms with Crippen molar-refractivity contribution in [2.75, 3.05) is 18.0 Å². The number of aromatic nitrogens is 1. The molecular formula is C11H16N2O. The van der Waals surface area contributed by atoms with Gasteiger partial charge in [-0.25, -0.2) is 4.98 Å². The minimum atomic E-state index is 0.101. The van der Waals surface area contributed by atoms with Crippen LogP contribution < -0.4 is 4.90 Å². The predicted molar refractivity (Wildman–Crippen MR) is 56.3 cm³/mol. The lowest BCUT2D eigenvalue weighted by Crippen LogP contribution is -2.19. The third-order valence-corrected chi connectivity index (χ3v) is 2.61. The van der Waals surface area contributed by atoms with Crippen molar-refractivity contribution < 1.29 is 5.11 Å². The van der Waals surface area contributed by atoms with Crippen LogP contribution in [0, 0.1) is 6.92 Å². The van der Waals surface area contributed by atoms with Crippen LogP contribution in [0.4, 0.5) is 5.82 Å². The first-order valence-electron chi connectivity index (χ1n) is 5.13. The molecule has 1 aliphatic heterocycles. The van der Waals surface area contributed by atoms with Crippen molar-refractivity contribution >= 4 is 5.82 Å². The monoisotopic (exact) mass is 192 g/mol. The van der Waals surface area contributed by atoms with E-state index in [-0.39, 0.29) is 6.61 Å². The lowest BCUT2D eigenvalue weighted by Gasteiger charge is -2.17. The lowest BCUT2D eigenvalue weighted by molar-refractivity contribution is 0.281. The van der Waals surface area contributed by atoms with E-state index in [1.54, 1.807) is 0 Å². The fraction of sp³-hybridized carbons (Fsp3) is 0.545. The average Bonchev–Trinajstić information content (AvgIpc) is 2.69. The second-order valence-electron chi connectivity index (χ2n) is 3.83. The molecule has 1 fully saturated rings. The van der Waals surface area contributed by atoms with Gasteiger partial charge in [0.2, 0.25) is 0 Å². The molecule has 0 saturated carbocycles. The molecule has 0 spiro atoms. The van der Waals surface area contributed by atoms with Gasteiger partial charge >= 0.3 is 0 Å². The van der Waals surface area contributed by atoms with E-state index in [1.165, 1.54) is 12.8 Å². The van der Waals surface area contributed by atoms with Crippen molar-refractivity contribution in [2.45, 2.75) is 26.4 Å². The molecule has 0 bridgehead atoms. The second-order valence-corrected chi connectivity index (χ2v) is 3.83. The number of rotatable bonds is 2. The number of nitrogens with zero attached hydrogens (tertiary/aromatic N) is 2. The SMILES string of the molecule is Cc1cc(CO)cc(N2CCCC2)n1. The van der Waals surface area contributed by atoms with Crippen molar-refractivity contribution in [3.63, 3.8) is 0 Å². The summed E-state index contributed by atoms with van der Waals surface area (Å²) in [6, 6.07) is 3.91. The lowest BCUT2D eigenvalue weighted by atomic mass is 10.2. The molecule has 2 rings (SSSR count). The Kier molecular flexibility index (Phi) is 2.68. The molecule has 1 aromatic heterocycles. The summed E-state index contributed by atoms with van der Waals surface area (Å²) >= 11 is 0. The summed E-state index contributed by atoms with van der Waals surface area (Å²) in [5, 5.41) is 9.08. The maximum absolute atomic E-state index is 9.08. The Morgan fingerprint density at radius 1 is 1.36 bits per heavy atom. The number of aryl methyl sites for hydroxylation is 1. The quantitative estimate of drug-likeness (QED) is 0.771. The number of hydrogen-bond donors (Lipinski definition) is 1. The van der Waals surface area contributed by atoms with E-state index in [4.69, 9.17) is 5.11 Å². The highest BCUT2D eigenvalue weighted by Gasteiger charge is 2.13. The van der Waals surface area contributed by atoms with Gasteiger partial charge < -0.3 is 10.0 Å². The highest BCUT2D eigenvalue weighted by atomic mass is 16.3. The van der Waals surface area contributed by atoms with Crippen LogP contribution in [0.25, 0.3) is 0 Å². The smallest absolute Gasteiger partial charge is 0.129 e. The molecule has 3 heteroatoms. The van der Waals surface area contributed by atoms with Gasteiger partial charge in [-0.15, -0.1) is 0 Å². The fourth-order valence-electron chi connectivity index (χ4n) is 1.92. The zero-order chi connectivity index (χ0) is 9.97. The Bertz CT molecular complexity index is 319. The van der Waals surface area contributed by atoms with E-state index in [0.717, 1.165) is 30.2 Å². The first-order chi connectivity index (χ1) is 6.79. The van der Waals surface area contributed by atoms with Crippen LogP contribution in [0.5, 0.6) is 0 Å². The summed E-state index contributed by atoms with van der Waals surface area (Å²) in [4.78, 5) is 6.76. The van der Waals surface area contributed by atoms with Crippen LogP contribution in [0.2, 0.25) is 0 Å². The zero-order valence-electron chi connectivity index (χ0n) is 8.53. The molecule has 0 unspecified atom stereocenters. The van der Waals surface area contributed by atoms with Gasteiger partial charge in [-0.2, -0.15) is 0 Å². The Hall–Kier alpha value is -1.09. The summed E-state index contributed by atoms with van der Waals surface area (Å²) < 4.78 is 0. The topological polar surface area (TPSA) is 36.4 Å². The van der Waals surface area contributed by atoms with Gasteiger partial charge in [-0.1, -0.05) is 0 Å². The van der Waals surface area contributed by atoms with Gasteiger partial charge in [0.15, 0.2) is 0 Å². The third-order valence-electron chi connectivity index (χ3n) is 2.61. The molecule has 1 N–H and O–H groups in total. The van der Waals surface area contributed by atoms with Crippen LogP contribution in [-0.4, -0.2) is 23.2 Å². The van der Waals surface area contributed by atoms with E-state index < -0.39 is 0 Å². The van der Waals surface area contributed by atoms with E-state index in [2.05, 4.69) is 9.88 Å².